The summed E-state index contributed by atoms with van der Waals surface area (Å²) in [5.41, 5.74) is 3.60. The molecule has 0 unspecified atom stereocenters. The van der Waals surface area contributed by atoms with Gasteiger partial charge in [-0.1, -0.05) is 12.8 Å². The Kier molecular flexibility index (Phi) is 7.17. The summed E-state index contributed by atoms with van der Waals surface area (Å²) in [6, 6.07) is 0. The average molecular weight is 325 g/mol. The van der Waals surface area contributed by atoms with E-state index in [1.165, 1.54) is 29.1 Å². The van der Waals surface area contributed by atoms with E-state index in [4.69, 9.17) is 4.74 Å². The molecule has 1 amide bonds. The molecule has 0 aliphatic heterocycles. The highest BCUT2D eigenvalue weighted by molar-refractivity contribution is 7.09. The van der Waals surface area contributed by atoms with Crippen molar-refractivity contribution in [2.24, 2.45) is 0 Å². The molecule has 0 aromatic carbocycles. The SMILES string of the molecule is O=C(NCCCCCCc1cncs1)OCc1cncs1. The third-order valence-corrected chi connectivity index (χ3v) is 4.52. The van der Waals surface area contributed by atoms with Crippen molar-refractivity contribution < 1.29 is 9.53 Å². The summed E-state index contributed by atoms with van der Waals surface area (Å²) in [5, 5.41) is 2.76. The van der Waals surface area contributed by atoms with Gasteiger partial charge < -0.3 is 10.1 Å². The Balaban J connectivity index is 1.41. The van der Waals surface area contributed by atoms with Crippen LogP contribution in [0.25, 0.3) is 0 Å². The minimum atomic E-state index is -0.354. The topological polar surface area (TPSA) is 64.1 Å². The van der Waals surface area contributed by atoms with E-state index in [0.717, 1.165) is 24.1 Å². The Labute approximate surface area is 132 Å². The Hall–Kier alpha value is -1.47. The molecule has 114 valence electrons. The number of aryl methyl sites for hydroxylation is 1. The third-order valence-electron chi connectivity index (χ3n) is 2.93. The largest absolute Gasteiger partial charge is 0.444 e. The van der Waals surface area contributed by atoms with Crippen molar-refractivity contribution in [3.05, 3.63) is 33.2 Å². The minimum absolute atomic E-state index is 0.297. The number of ether oxygens (including phenoxy) is 1. The van der Waals surface area contributed by atoms with E-state index in [9.17, 15) is 4.79 Å². The van der Waals surface area contributed by atoms with Crippen LogP contribution in [-0.2, 0) is 17.8 Å². The van der Waals surface area contributed by atoms with Gasteiger partial charge in [-0.05, 0) is 19.3 Å². The number of nitrogens with one attached hydrogen (secondary N) is 1. The Morgan fingerprint density at radius 2 is 1.76 bits per heavy atom. The summed E-state index contributed by atoms with van der Waals surface area (Å²) < 4.78 is 5.08. The number of amides is 1. The van der Waals surface area contributed by atoms with Gasteiger partial charge in [-0.15, -0.1) is 22.7 Å². The first-order valence-corrected chi connectivity index (χ1v) is 8.76. The first-order chi connectivity index (χ1) is 10.3. The van der Waals surface area contributed by atoms with Crippen LogP contribution in [0.2, 0.25) is 0 Å². The summed E-state index contributed by atoms with van der Waals surface area (Å²) >= 11 is 3.19. The maximum absolute atomic E-state index is 11.4. The second kappa shape index (κ2) is 9.46. The van der Waals surface area contributed by atoms with Crippen molar-refractivity contribution in [3.63, 3.8) is 0 Å². The predicted molar refractivity (Wildman–Crippen MR) is 84.6 cm³/mol. The van der Waals surface area contributed by atoms with E-state index in [2.05, 4.69) is 15.3 Å². The van der Waals surface area contributed by atoms with Crippen LogP contribution in [0.1, 0.15) is 35.4 Å². The Morgan fingerprint density at radius 1 is 1.05 bits per heavy atom. The van der Waals surface area contributed by atoms with Gasteiger partial charge in [0.25, 0.3) is 0 Å². The van der Waals surface area contributed by atoms with Crippen LogP contribution < -0.4 is 5.32 Å². The molecule has 1 N–H and O–H groups in total. The zero-order chi connectivity index (χ0) is 14.8. The molecule has 0 saturated carbocycles. The van der Waals surface area contributed by atoms with Crippen molar-refractivity contribution in [1.29, 1.82) is 0 Å². The Morgan fingerprint density at radius 3 is 2.48 bits per heavy atom. The van der Waals surface area contributed by atoms with Crippen LogP contribution in [0.15, 0.2) is 23.4 Å². The number of carbonyl (C=O) groups is 1. The maximum atomic E-state index is 11.4. The first kappa shape index (κ1) is 15.9. The fourth-order valence-corrected chi connectivity index (χ4v) is 2.98. The summed E-state index contributed by atoms with van der Waals surface area (Å²) in [6.45, 7) is 0.966. The van der Waals surface area contributed by atoms with Crippen LogP contribution in [0.5, 0.6) is 0 Å². The molecule has 0 spiro atoms. The number of nitrogens with zero attached hydrogens (tertiary/aromatic N) is 2. The van der Waals surface area contributed by atoms with Crippen LogP contribution >= 0.6 is 22.7 Å². The number of aromatic nitrogens is 2. The zero-order valence-electron chi connectivity index (χ0n) is 11.8. The smallest absolute Gasteiger partial charge is 0.407 e. The fraction of sp³-hybridized carbons (Fsp3) is 0.500. The standard InChI is InChI=1S/C14H19N3O2S2/c18-14(19-9-13-8-16-11-21-13)17-6-4-2-1-3-5-12-7-15-10-20-12/h7-8,10-11H,1-6,9H2,(H,17,18). The highest BCUT2D eigenvalue weighted by Crippen LogP contribution is 2.11. The molecule has 21 heavy (non-hydrogen) atoms. The van der Waals surface area contributed by atoms with Gasteiger partial charge in [0.15, 0.2) is 0 Å². The summed E-state index contributed by atoms with van der Waals surface area (Å²) in [5.74, 6) is 0. The van der Waals surface area contributed by atoms with Crippen molar-refractivity contribution in [2.45, 2.75) is 38.7 Å². The van der Waals surface area contributed by atoms with Crippen molar-refractivity contribution in [3.8, 4) is 0 Å². The van der Waals surface area contributed by atoms with Gasteiger partial charge in [0, 0.05) is 23.8 Å². The molecule has 0 bridgehead atoms. The fourth-order valence-electron chi connectivity index (χ4n) is 1.83. The predicted octanol–water partition coefficient (Wildman–Crippen LogP) is 3.63. The van der Waals surface area contributed by atoms with E-state index in [1.807, 2.05) is 11.7 Å². The van der Waals surface area contributed by atoms with E-state index in [1.54, 1.807) is 23.0 Å². The summed E-state index contributed by atoms with van der Waals surface area (Å²) in [4.78, 5) is 21.7. The molecule has 2 aromatic rings. The minimum Gasteiger partial charge on any atom is -0.444 e. The molecule has 2 aromatic heterocycles. The van der Waals surface area contributed by atoms with Crippen LogP contribution in [0.4, 0.5) is 4.79 Å². The number of rotatable bonds is 9. The second-order valence-corrected chi connectivity index (χ2v) is 6.54. The van der Waals surface area contributed by atoms with E-state index in [0.29, 0.717) is 13.2 Å². The normalized spacial score (nSPS) is 10.5. The first-order valence-electron chi connectivity index (χ1n) is 7.00. The van der Waals surface area contributed by atoms with Crippen LogP contribution in [-0.4, -0.2) is 22.6 Å². The van der Waals surface area contributed by atoms with E-state index < -0.39 is 0 Å². The molecule has 0 aliphatic carbocycles. The molecule has 0 radical (unpaired) electrons. The van der Waals surface area contributed by atoms with Gasteiger partial charge in [-0.25, -0.2) is 4.79 Å². The molecular formula is C14H19N3O2S2. The zero-order valence-corrected chi connectivity index (χ0v) is 13.4. The quantitative estimate of drug-likeness (QED) is 0.715. The number of hydrogen-bond acceptors (Lipinski definition) is 6. The molecule has 0 atom stereocenters. The van der Waals surface area contributed by atoms with Crippen molar-refractivity contribution >= 4 is 28.8 Å². The number of unbranched alkanes of at least 4 members (excludes halogenated alkanes) is 3. The molecule has 0 fully saturated rings. The lowest BCUT2D eigenvalue weighted by Crippen LogP contribution is -2.25. The highest BCUT2D eigenvalue weighted by atomic mass is 32.1. The molecular weight excluding hydrogens is 306 g/mol. The van der Waals surface area contributed by atoms with Gasteiger partial charge in [-0.3, -0.25) is 9.97 Å². The van der Waals surface area contributed by atoms with Gasteiger partial charge in [0.1, 0.15) is 6.61 Å². The van der Waals surface area contributed by atoms with Crippen LogP contribution in [0.3, 0.4) is 0 Å². The molecule has 7 heteroatoms. The Bertz CT molecular complexity index is 500. The lowest BCUT2D eigenvalue weighted by Gasteiger charge is -2.05. The molecule has 2 heterocycles. The number of alkyl carbamates (subject to hydrolysis) is 1. The van der Waals surface area contributed by atoms with Crippen molar-refractivity contribution in [2.75, 3.05) is 6.54 Å². The average Bonchev–Trinajstić information content (AvgIpc) is 3.17. The number of hydrogen-bond donors (Lipinski definition) is 1. The van der Waals surface area contributed by atoms with Crippen molar-refractivity contribution in [1.82, 2.24) is 15.3 Å². The molecule has 2 rings (SSSR count). The lowest BCUT2D eigenvalue weighted by molar-refractivity contribution is 0.140. The lowest BCUT2D eigenvalue weighted by atomic mass is 10.1. The molecule has 5 nitrogen and oxygen atoms in total. The summed E-state index contributed by atoms with van der Waals surface area (Å²) in [7, 11) is 0. The maximum Gasteiger partial charge on any atom is 0.407 e. The number of thiazole rings is 2. The molecule has 0 aliphatic rings. The summed E-state index contributed by atoms with van der Waals surface area (Å²) in [6.07, 6.45) is 8.86. The number of carbonyl (C=O) groups excluding carboxylic acids is 1. The van der Waals surface area contributed by atoms with Gasteiger partial charge in [-0.2, -0.15) is 0 Å². The third kappa shape index (κ3) is 6.68. The van der Waals surface area contributed by atoms with Gasteiger partial charge >= 0.3 is 6.09 Å². The highest BCUT2D eigenvalue weighted by Gasteiger charge is 2.02. The monoisotopic (exact) mass is 325 g/mol. The molecule has 0 saturated heterocycles. The van der Waals surface area contributed by atoms with E-state index >= 15 is 0 Å². The second-order valence-electron chi connectivity index (χ2n) is 4.60. The van der Waals surface area contributed by atoms with Crippen LogP contribution in [0, 0.1) is 0 Å². The van der Waals surface area contributed by atoms with E-state index in [-0.39, 0.29) is 6.09 Å². The van der Waals surface area contributed by atoms with Gasteiger partial charge in [0.05, 0.1) is 15.9 Å². The van der Waals surface area contributed by atoms with Gasteiger partial charge in [0.2, 0.25) is 0 Å².